The minimum absolute atomic E-state index is 0.0452. The zero-order valence-electron chi connectivity index (χ0n) is 18.0. The molecule has 1 saturated heterocycles. The maximum absolute atomic E-state index is 11.9. The molecule has 1 aliphatic heterocycles. The van der Waals surface area contributed by atoms with Gasteiger partial charge >= 0.3 is 15.2 Å². The maximum atomic E-state index is 11.9. The summed E-state index contributed by atoms with van der Waals surface area (Å²) in [5.41, 5.74) is 0.983. The number of halogens is 2. The Morgan fingerprint density at radius 3 is 2.53 bits per heavy atom. The highest BCUT2D eigenvalue weighted by atomic mass is 35.5. The first kappa shape index (κ1) is 27.3. The third-order valence-corrected chi connectivity index (χ3v) is 9.08. The average molecular weight is 585 g/mol. The van der Waals surface area contributed by atoms with Crippen molar-refractivity contribution in [3.05, 3.63) is 40.1 Å². The summed E-state index contributed by atoms with van der Waals surface area (Å²) in [5.74, 6) is -1.20. The predicted octanol–water partition coefficient (Wildman–Crippen LogP) is 1.10. The number of benzene rings is 1. The van der Waals surface area contributed by atoms with Gasteiger partial charge in [-0.05, 0) is 23.2 Å². The fraction of sp³-hybridized carbons (Fsp3) is 0.412. The third-order valence-electron chi connectivity index (χ3n) is 5.08. The van der Waals surface area contributed by atoms with E-state index in [1.54, 1.807) is 12.1 Å². The lowest BCUT2D eigenvalue weighted by Crippen LogP contribution is -2.33. The fourth-order valence-electron chi connectivity index (χ4n) is 3.45. The molecule has 1 unspecified atom stereocenters. The topological polar surface area (TPSA) is 222 Å². The molecule has 0 bridgehead atoms. The molecule has 1 fully saturated rings. The number of fused-ring (bicyclic) bond motifs is 1. The van der Waals surface area contributed by atoms with E-state index < -0.39 is 52.2 Å². The van der Waals surface area contributed by atoms with Gasteiger partial charge in [0.15, 0.2) is 29.1 Å². The molecule has 36 heavy (non-hydrogen) atoms. The van der Waals surface area contributed by atoms with Crippen molar-refractivity contribution in [2.75, 3.05) is 17.8 Å². The lowest BCUT2D eigenvalue weighted by Gasteiger charge is -2.18. The summed E-state index contributed by atoms with van der Waals surface area (Å²) in [6.07, 6.45) is -5.92. The van der Waals surface area contributed by atoms with Gasteiger partial charge in [0.2, 0.25) is 5.28 Å². The molecule has 1 aliphatic rings. The number of nitrogens with zero attached hydrogens (tertiary/aromatic N) is 5. The molecule has 0 radical (unpaired) electrons. The zero-order valence-corrected chi connectivity index (χ0v) is 21.3. The van der Waals surface area contributed by atoms with Gasteiger partial charge in [-0.15, -0.1) is 5.10 Å². The van der Waals surface area contributed by atoms with E-state index in [-0.39, 0.29) is 28.8 Å². The van der Waals surface area contributed by atoms with Crippen LogP contribution in [0.3, 0.4) is 0 Å². The van der Waals surface area contributed by atoms with Crippen molar-refractivity contribution in [1.29, 1.82) is 0 Å². The number of aliphatic hydroxyl groups excluding tert-OH is 2. The molecule has 196 valence electrons. The molecule has 15 nitrogen and oxygen atoms in total. The highest BCUT2D eigenvalue weighted by Crippen LogP contribution is 2.55. The van der Waals surface area contributed by atoms with Crippen LogP contribution in [0.5, 0.6) is 0 Å². The zero-order chi connectivity index (χ0) is 26.3. The van der Waals surface area contributed by atoms with Gasteiger partial charge < -0.3 is 39.5 Å². The van der Waals surface area contributed by atoms with Gasteiger partial charge in [0.1, 0.15) is 18.3 Å². The number of hydrogen-bond acceptors (Lipinski definition) is 11. The van der Waals surface area contributed by atoms with Gasteiger partial charge in [0.05, 0.1) is 6.61 Å². The van der Waals surface area contributed by atoms with Crippen LogP contribution in [-0.4, -0.2) is 80.7 Å². The number of rotatable bonds is 9. The highest BCUT2D eigenvalue weighted by molar-refractivity contribution is 7.70. The second-order valence-electron chi connectivity index (χ2n) is 7.78. The molecule has 4 rings (SSSR count). The van der Waals surface area contributed by atoms with Crippen LogP contribution < -0.4 is 5.32 Å². The van der Waals surface area contributed by atoms with E-state index in [2.05, 4.69) is 25.6 Å². The minimum atomic E-state index is -4.85. The summed E-state index contributed by atoms with van der Waals surface area (Å²) >= 11 is 12.2. The first-order valence-electron chi connectivity index (χ1n) is 10.1. The number of hydrogen-bond donors (Lipinski definition) is 6. The second-order valence-corrected chi connectivity index (χ2v) is 12.5. The Kier molecular flexibility index (Phi) is 8.01. The minimum Gasteiger partial charge on any atom is -0.387 e. The molecule has 5 atom stereocenters. The van der Waals surface area contributed by atoms with Crippen LogP contribution in [0, 0.1) is 0 Å². The highest BCUT2D eigenvalue weighted by Gasteiger charge is 2.46. The molecule has 0 saturated carbocycles. The lowest BCUT2D eigenvalue weighted by molar-refractivity contribution is -0.0549. The molecular weight excluding hydrogens is 565 g/mol. The Morgan fingerprint density at radius 2 is 1.83 bits per heavy atom. The molecule has 0 spiro atoms. The molecule has 0 amide bonds. The summed E-state index contributed by atoms with van der Waals surface area (Å²) in [7, 11) is -9.55. The van der Waals surface area contributed by atoms with Crippen LogP contribution in [-0.2, 0) is 24.9 Å². The van der Waals surface area contributed by atoms with E-state index in [4.69, 9.17) is 42.2 Å². The Balaban J connectivity index is 1.53. The van der Waals surface area contributed by atoms with E-state index in [9.17, 15) is 24.2 Å². The second kappa shape index (κ2) is 10.6. The number of ether oxygens (including phenoxy) is 1. The first-order valence-corrected chi connectivity index (χ1v) is 14.4. The monoisotopic (exact) mass is 584 g/mol. The van der Waals surface area contributed by atoms with E-state index in [0.29, 0.717) is 5.02 Å². The van der Waals surface area contributed by atoms with Crippen LogP contribution in [0.15, 0.2) is 24.3 Å². The van der Waals surface area contributed by atoms with E-state index in [1.165, 1.54) is 0 Å². The quantitative estimate of drug-likeness (QED) is 0.153. The normalized spacial score (nSPS) is 24.2. The van der Waals surface area contributed by atoms with Gasteiger partial charge in [-0.25, -0.2) is 0 Å². The SMILES string of the molecule is O=P(O)(O)CP(=O)(O)OC[C@H]1O[C@@H](n2nnc3c(NCc4ccccc4Cl)nc(Cl)nc32)[C@H](O)[C@H]1O. The molecule has 2 aromatic heterocycles. The van der Waals surface area contributed by atoms with Crippen LogP contribution in [0.2, 0.25) is 10.3 Å². The molecule has 6 N–H and O–H groups in total. The summed E-state index contributed by atoms with van der Waals surface area (Å²) in [4.78, 5) is 35.6. The Labute approximate surface area is 212 Å². The molecule has 0 aliphatic carbocycles. The van der Waals surface area contributed by atoms with Crippen LogP contribution >= 0.6 is 38.4 Å². The van der Waals surface area contributed by atoms with Crippen molar-refractivity contribution >= 4 is 55.4 Å². The summed E-state index contributed by atoms with van der Waals surface area (Å²) in [5, 5.41) is 32.2. The van der Waals surface area contributed by atoms with Crippen LogP contribution in [0.25, 0.3) is 11.2 Å². The number of aliphatic hydroxyl groups is 2. The Morgan fingerprint density at radius 1 is 1.11 bits per heavy atom. The van der Waals surface area contributed by atoms with Gasteiger partial charge in [0, 0.05) is 11.6 Å². The Bertz CT molecular complexity index is 1360. The number of nitrogens with one attached hydrogen (secondary N) is 1. The van der Waals surface area contributed by atoms with E-state index >= 15 is 0 Å². The maximum Gasteiger partial charge on any atom is 0.340 e. The van der Waals surface area contributed by atoms with Gasteiger partial charge in [0.25, 0.3) is 0 Å². The molecule has 3 heterocycles. The summed E-state index contributed by atoms with van der Waals surface area (Å²) < 4.78 is 34.2. The van der Waals surface area contributed by atoms with Crippen molar-refractivity contribution in [1.82, 2.24) is 25.0 Å². The van der Waals surface area contributed by atoms with Crippen molar-refractivity contribution in [3.8, 4) is 0 Å². The van der Waals surface area contributed by atoms with Crippen LogP contribution in [0.1, 0.15) is 11.8 Å². The van der Waals surface area contributed by atoms with Gasteiger partial charge in [-0.1, -0.05) is 35.0 Å². The lowest BCUT2D eigenvalue weighted by atomic mass is 10.1. The van der Waals surface area contributed by atoms with Crippen molar-refractivity contribution < 1.29 is 43.3 Å². The summed E-state index contributed by atoms with van der Waals surface area (Å²) in [6.45, 7) is -0.485. The Hall–Kier alpha value is -1.74. The van der Waals surface area contributed by atoms with Crippen LogP contribution in [0.4, 0.5) is 5.82 Å². The van der Waals surface area contributed by atoms with Gasteiger partial charge in [-0.2, -0.15) is 14.6 Å². The standard InChI is InChI=1S/C17H20Cl2N6O9P2/c18-9-4-2-1-3-8(9)5-20-14-11-15(22-17(19)21-14)25(24-23-11)16-13(27)12(26)10(34-16)6-33-36(31,32)7-35(28,29)30/h1-4,10,12-13,16,26-27H,5-7H2,(H,31,32)(H,20,21,22)(H2,28,29,30)/t10-,12+,13-,16-/m1/s1. The fourth-order valence-corrected chi connectivity index (χ4v) is 6.39. The van der Waals surface area contributed by atoms with Gasteiger partial charge in [-0.3, -0.25) is 9.13 Å². The van der Waals surface area contributed by atoms with Crippen molar-refractivity contribution in [2.45, 2.75) is 31.1 Å². The smallest absolute Gasteiger partial charge is 0.340 e. The molecular formula is C17H20Cl2N6O9P2. The molecule has 1 aromatic carbocycles. The number of anilines is 1. The molecule has 3 aromatic rings. The van der Waals surface area contributed by atoms with Crippen molar-refractivity contribution in [3.63, 3.8) is 0 Å². The predicted molar refractivity (Wildman–Crippen MR) is 126 cm³/mol. The summed E-state index contributed by atoms with van der Waals surface area (Å²) in [6, 6.07) is 7.13. The first-order chi connectivity index (χ1) is 16.8. The van der Waals surface area contributed by atoms with E-state index in [1.807, 2.05) is 12.1 Å². The largest absolute Gasteiger partial charge is 0.387 e. The van der Waals surface area contributed by atoms with Crippen molar-refractivity contribution in [2.24, 2.45) is 0 Å². The third kappa shape index (κ3) is 6.21. The molecule has 19 heteroatoms. The number of aromatic nitrogens is 5. The van der Waals surface area contributed by atoms with E-state index in [0.717, 1.165) is 10.2 Å². The average Bonchev–Trinajstić information content (AvgIpc) is 3.31.